The minimum atomic E-state index is -0.447. The Balaban J connectivity index is 2.30. The zero-order valence-corrected chi connectivity index (χ0v) is 10.4. The maximum Gasteiger partial charge on any atom is 0.312 e. The van der Waals surface area contributed by atoms with Crippen molar-refractivity contribution in [1.82, 2.24) is 9.78 Å². The number of aromatic nitrogens is 2. The minimum Gasteiger partial charge on any atom is -0.393 e. The number of nitro groups is 1. The molecule has 0 amide bonds. The summed E-state index contributed by atoms with van der Waals surface area (Å²) in [6.45, 7) is 1.86. The first-order valence-electron chi connectivity index (χ1n) is 5.99. The Morgan fingerprint density at radius 1 is 1.61 bits per heavy atom. The van der Waals surface area contributed by atoms with Crippen LogP contribution in [0.3, 0.4) is 0 Å². The lowest BCUT2D eigenvalue weighted by Crippen LogP contribution is -2.16. The number of rotatable bonds is 2. The van der Waals surface area contributed by atoms with Gasteiger partial charge in [-0.1, -0.05) is 0 Å². The largest absolute Gasteiger partial charge is 0.393 e. The Hall–Kier alpha value is -1.47. The van der Waals surface area contributed by atoms with Crippen molar-refractivity contribution in [2.75, 3.05) is 0 Å². The van der Waals surface area contributed by atoms with Crippen LogP contribution in [-0.4, -0.2) is 32.0 Å². The number of hydrogen-bond donors (Lipinski definition) is 1. The highest BCUT2D eigenvalue weighted by Crippen LogP contribution is 2.34. The lowest BCUT2D eigenvalue weighted by molar-refractivity contribution is -0.386. The van der Waals surface area contributed by atoms with Crippen LogP contribution in [0, 0.1) is 10.1 Å². The highest BCUT2D eigenvalue weighted by atomic mass is 16.6. The summed E-state index contributed by atoms with van der Waals surface area (Å²) in [6.07, 6.45) is 2.03. The molecular weight excluding hydrogens is 238 g/mol. The van der Waals surface area contributed by atoms with Gasteiger partial charge in [-0.2, -0.15) is 5.10 Å². The minimum absolute atomic E-state index is 0.0221. The summed E-state index contributed by atoms with van der Waals surface area (Å²) < 4.78 is 7.25. The quantitative estimate of drug-likeness (QED) is 0.635. The highest BCUT2D eigenvalue weighted by molar-refractivity contribution is 5.34. The first kappa shape index (κ1) is 13.0. The van der Waals surface area contributed by atoms with Crippen LogP contribution in [0.15, 0.2) is 6.20 Å². The molecule has 0 saturated carbocycles. The van der Waals surface area contributed by atoms with Crippen molar-refractivity contribution in [2.45, 2.75) is 44.5 Å². The summed E-state index contributed by atoms with van der Waals surface area (Å²) in [7, 11) is 1.66. The molecule has 1 aliphatic heterocycles. The van der Waals surface area contributed by atoms with E-state index in [9.17, 15) is 15.2 Å². The summed E-state index contributed by atoms with van der Waals surface area (Å²) in [5.41, 5.74) is 0.451. The first-order valence-corrected chi connectivity index (χ1v) is 5.99. The topological polar surface area (TPSA) is 90.4 Å². The van der Waals surface area contributed by atoms with E-state index in [0.717, 1.165) is 0 Å². The summed E-state index contributed by atoms with van der Waals surface area (Å²) in [5.74, 6) is 0. The first-order chi connectivity index (χ1) is 8.49. The van der Waals surface area contributed by atoms with Crippen LogP contribution in [0.4, 0.5) is 5.69 Å². The summed E-state index contributed by atoms with van der Waals surface area (Å²) >= 11 is 0. The van der Waals surface area contributed by atoms with Gasteiger partial charge in [0.15, 0.2) is 0 Å². The van der Waals surface area contributed by atoms with Crippen LogP contribution in [-0.2, 0) is 11.8 Å². The fourth-order valence-corrected chi connectivity index (χ4v) is 2.40. The van der Waals surface area contributed by atoms with Gasteiger partial charge in [0.05, 0.1) is 17.1 Å². The predicted octanol–water partition coefficient (Wildman–Crippen LogP) is 1.32. The fraction of sp³-hybridized carbons (Fsp3) is 0.727. The third kappa shape index (κ3) is 2.51. The number of aryl methyl sites for hydroxylation is 1. The van der Waals surface area contributed by atoms with Gasteiger partial charge in [-0.25, -0.2) is 0 Å². The fourth-order valence-electron chi connectivity index (χ4n) is 2.40. The molecule has 3 atom stereocenters. The van der Waals surface area contributed by atoms with E-state index in [0.29, 0.717) is 25.0 Å². The molecule has 18 heavy (non-hydrogen) atoms. The van der Waals surface area contributed by atoms with Crippen molar-refractivity contribution in [2.24, 2.45) is 7.05 Å². The highest BCUT2D eigenvalue weighted by Gasteiger charge is 2.31. The second-order valence-corrected chi connectivity index (χ2v) is 4.70. The number of aliphatic hydroxyl groups excluding tert-OH is 1. The van der Waals surface area contributed by atoms with Crippen LogP contribution in [0.1, 0.15) is 38.0 Å². The summed E-state index contributed by atoms with van der Waals surface area (Å²) in [6, 6.07) is 0. The van der Waals surface area contributed by atoms with E-state index < -0.39 is 11.0 Å². The molecule has 100 valence electrons. The molecule has 1 aromatic heterocycles. The van der Waals surface area contributed by atoms with Gasteiger partial charge in [0.25, 0.3) is 0 Å². The molecule has 0 spiro atoms. The van der Waals surface area contributed by atoms with Gasteiger partial charge in [0.1, 0.15) is 18.0 Å². The van der Waals surface area contributed by atoms with Gasteiger partial charge in [-0.3, -0.25) is 14.8 Å². The van der Waals surface area contributed by atoms with E-state index >= 15 is 0 Å². The van der Waals surface area contributed by atoms with Crippen LogP contribution in [0.2, 0.25) is 0 Å². The van der Waals surface area contributed by atoms with Crippen molar-refractivity contribution in [3.8, 4) is 0 Å². The van der Waals surface area contributed by atoms with E-state index in [1.807, 2.05) is 6.92 Å². The lowest BCUT2D eigenvalue weighted by atomic mass is 10.1. The van der Waals surface area contributed by atoms with Crippen LogP contribution < -0.4 is 0 Å². The summed E-state index contributed by atoms with van der Waals surface area (Å²) in [5, 5.41) is 24.6. The molecule has 2 heterocycles. The Labute approximate surface area is 105 Å². The number of nitrogens with zero attached hydrogens (tertiary/aromatic N) is 3. The van der Waals surface area contributed by atoms with E-state index in [1.165, 1.54) is 10.9 Å². The molecule has 7 heteroatoms. The number of aliphatic hydroxyl groups is 1. The second-order valence-electron chi connectivity index (χ2n) is 4.70. The molecule has 1 aliphatic rings. The molecule has 1 N–H and O–H groups in total. The Morgan fingerprint density at radius 2 is 2.33 bits per heavy atom. The van der Waals surface area contributed by atoms with Gasteiger partial charge >= 0.3 is 5.69 Å². The maximum absolute atomic E-state index is 11.0. The third-order valence-electron chi connectivity index (χ3n) is 3.23. The van der Waals surface area contributed by atoms with Gasteiger partial charge in [-0.05, 0) is 26.2 Å². The van der Waals surface area contributed by atoms with Crippen LogP contribution in [0.5, 0.6) is 0 Å². The van der Waals surface area contributed by atoms with Gasteiger partial charge in [-0.15, -0.1) is 0 Å². The number of ether oxygens (including phenoxy) is 1. The monoisotopic (exact) mass is 255 g/mol. The zero-order chi connectivity index (χ0) is 13.3. The third-order valence-corrected chi connectivity index (χ3v) is 3.23. The lowest BCUT2D eigenvalue weighted by Gasteiger charge is -2.18. The molecule has 1 saturated heterocycles. The molecule has 0 aromatic carbocycles. The van der Waals surface area contributed by atoms with E-state index in [4.69, 9.17) is 4.74 Å². The maximum atomic E-state index is 11.0. The van der Waals surface area contributed by atoms with Crippen molar-refractivity contribution >= 4 is 5.69 Å². The molecule has 2 rings (SSSR count). The van der Waals surface area contributed by atoms with E-state index in [-0.39, 0.29) is 17.9 Å². The molecule has 0 bridgehead atoms. The molecule has 1 aromatic rings. The second kappa shape index (κ2) is 5.03. The van der Waals surface area contributed by atoms with E-state index in [1.54, 1.807) is 7.05 Å². The van der Waals surface area contributed by atoms with Gasteiger partial charge < -0.3 is 9.84 Å². The van der Waals surface area contributed by atoms with Crippen molar-refractivity contribution in [1.29, 1.82) is 0 Å². The predicted molar refractivity (Wildman–Crippen MR) is 63.0 cm³/mol. The average Bonchev–Trinajstić information content (AvgIpc) is 2.58. The van der Waals surface area contributed by atoms with Gasteiger partial charge in [0.2, 0.25) is 0 Å². The molecule has 0 radical (unpaired) electrons. The van der Waals surface area contributed by atoms with Crippen LogP contribution in [0.25, 0.3) is 0 Å². The van der Waals surface area contributed by atoms with Crippen molar-refractivity contribution in [3.05, 3.63) is 22.0 Å². The van der Waals surface area contributed by atoms with E-state index in [2.05, 4.69) is 5.10 Å². The Morgan fingerprint density at radius 3 is 3.00 bits per heavy atom. The Bertz CT molecular complexity index is 445. The molecule has 1 fully saturated rings. The van der Waals surface area contributed by atoms with Crippen molar-refractivity contribution < 1.29 is 14.8 Å². The Kier molecular flexibility index (Phi) is 3.63. The average molecular weight is 255 g/mol. The number of hydrogen-bond acceptors (Lipinski definition) is 5. The molecule has 7 nitrogen and oxygen atoms in total. The molecular formula is C11H17N3O4. The smallest absolute Gasteiger partial charge is 0.312 e. The van der Waals surface area contributed by atoms with Gasteiger partial charge in [0, 0.05) is 7.05 Å². The summed E-state index contributed by atoms with van der Waals surface area (Å²) in [4.78, 5) is 10.5. The van der Waals surface area contributed by atoms with Crippen LogP contribution >= 0.6 is 0 Å². The van der Waals surface area contributed by atoms with Crippen molar-refractivity contribution in [3.63, 3.8) is 0 Å². The molecule has 0 aliphatic carbocycles. The normalized spacial score (nSPS) is 28.9. The molecule has 0 unspecified atom stereocenters. The SMILES string of the molecule is C[C@@H]1C[C@H](O)CC[C@H](c2c([N+](=O)[O-])cnn2C)O1. The zero-order valence-electron chi connectivity index (χ0n) is 10.4. The standard InChI is InChI=1S/C11H17N3O4/c1-7-5-8(15)3-4-10(18-7)11-9(14(16)17)6-12-13(11)2/h6-8,10,15H,3-5H2,1-2H3/t7-,8-,10-/m1/s1.